The Kier molecular flexibility index (Phi) is 7.11. The summed E-state index contributed by atoms with van der Waals surface area (Å²) in [4.78, 5) is 28.3. The van der Waals surface area contributed by atoms with E-state index in [4.69, 9.17) is 4.74 Å². The van der Waals surface area contributed by atoms with E-state index in [0.29, 0.717) is 0 Å². The van der Waals surface area contributed by atoms with Gasteiger partial charge in [0.2, 0.25) is 0 Å². The molecule has 1 heterocycles. The van der Waals surface area contributed by atoms with Crippen LogP contribution in [0.5, 0.6) is 0 Å². The van der Waals surface area contributed by atoms with Crippen molar-refractivity contribution in [2.75, 3.05) is 6.61 Å². The van der Waals surface area contributed by atoms with Gasteiger partial charge in [-0.2, -0.15) is 0 Å². The quantitative estimate of drug-likeness (QED) is 0.469. The summed E-state index contributed by atoms with van der Waals surface area (Å²) in [6, 6.07) is 19.7. The van der Waals surface area contributed by atoms with E-state index in [2.05, 4.69) is 22.4 Å². The molecule has 0 spiro atoms. The van der Waals surface area contributed by atoms with Gasteiger partial charge in [-0.15, -0.1) is 0 Å². The average molecular weight is 388 g/mol. The molecule has 1 unspecified atom stereocenters. The van der Waals surface area contributed by atoms with Gasteiger partial charge in [-0.3, -0.25) is 9.78 Å². The van der Waals surface area contributed by atoms with E-state index >= 15 is 0 Å². The Morgan fingerprint density at radius 2 is 1.86 bits per heavy atom. The lowest BCUT2D eigenvalue weighted by Gasteiger charge is -2.13. The highest BCUT2D eigenvalue weighted by Crippen LogP contribution is 2.17. The summed E-state index contributed by atoms with van der Waals surface area (Å²) in [6.07, 6.45) is 6.37. The number of hydrogen-bond donors (Lipinski definition) is 1. The highest BCUT2D eigenvalue weighted by atomic mass is 16.5. The van der Waals surface area contributed by atoms with Crippen molar-refractivity contribution in [1.82, 2.24) is 10.3 Å². The van der Waals surface area contributed by atoms with Crippen LogP contribution < -0.4 is 5.32 Å². The Bertz CT molecular complexity index is 994. The van der Waals surface area contributed by atoms with Crippen molar-refractivity contribution in [1.29, 1.82) is 0 Å². The van der Waals surface area contributed by atoms with Crippen LogP contribution in [0.25, 0.3) is 17.0 Å². The van der Waals surface area contributed by atoms with Crippen LogP contribution in [0.3, 0.4) is 0 Å². The van der Waals surface area contributed by atoms with Gasteiger partial charge >= 0.3 is 5.97 Å². The van der Waals surface area contributed by atoms with Crippen LogP contribution in [-0.2, 0) is 20.7 Å². The van der Waals surface area contributed by atoms with Crippen molar-refractivity contribution < 1.29 is 14.3 Å². The minimum Gasteiger partial charge on any atom is -0.452 e. The molecular weight excluding hydrogens is 364 g/mol. The lowest BCUT2D eigenvalue weighted by molar-refractivity contribution is -0.144. The standard InChI is InChI=1S/C24H24N2O3/c1-18(12-13-19-7-3-2-4-8-19)26-22(27)17-29-23(28)15-14-21-10-5-9-20-11-6-16-25-24(20)21/h2-11,14-16,18H,12-13,17H2,1H3,(H,26,27)/b15-14+. The van der Waals surface area contributed by atoms with Gasteiger partial charge in [-0.25, -0.2) is 4.79 Å². The number of nitrogens with zero attached hydrogens (tertiary/aromatic N) is 1. The Morgan fingerprint density at radius 1 is 1.07 bits per heavy atom. The van der Waals surface area contributed by atoms with Crippen LogP contribution in [0.1, 0.15) is 24.5 Å². The average Bonchev–Trinajstić information content (AvgIpc) is 2.75. The molecule has 0 saturated heterocycles. The molecule has 3 aromatic rings. The summed E-state index contributed by atoms with van der Waals surface area (Å²) < 4.78 is 5.04. The lowest BCUT2D eigenvalue weighted by atomic mass is 10.1. The number of pyridine rings is 1. The third-order valence-corrected chi connectivity index (χ3v) is 4.52. The van der Waals surface area contributed by atoms with Gasteiger partial charge in [0.05, 0.1) is 5.52 Å². The molecule has 3 rings (SSSR count). The molecule has 2 aromatic carbocycles. The van der Waals surface area contributed by atoms with Gasteiger partial charge in [0.1, 0.15) is 0 Å². The topological polar surface area (TPSA) is 68.3 Å². The van der Waals surface area contributed by atoms with Crippen LogP contribution >= 0.6 is 0 Å². The summed E-state index contributed by atoms with van der Waals surface area (Å²) in [5.74, 6) is -0.871. The van der Waals surface area contributed by atoms with Crippen LogP contribution in [0.2, 0.25) is 0 Å². The fourth-order valence-electron chi connectivity index (χ4n) is 3.02. The van der Waals surface area contributed by atoms with E-state index < -0.39 is 5.97 Å². The number of para-hydroxylation sites is 1. The number of aromatic nitrogens is 1. The number of benzene rings is 2. The number of amides is 1. The fourth-order valence-corrected chi connectivity index (χ4v) is 3.02. The third-order valence-electron chi connectivity index (χ3n) is 4.52. The zero-order valence-electron chi connectivity index (χ0n) is 16.4. The molecule has 0 radical (unpaired) electrons. The number of carbonyl (C=O) groups excluding carboxylic acids is 2. The predicted molar refractivity (Wildman–Crippen MR) is 114 cm³/mol. The molecule has 29 heavy (non-hydrogen) atoms. The fraction of sp³-hybridized carbons (Fsp3) is 0.208. The Balaban J connectivity index is 1.43. The van der Waals surface area contributed by atoms with E-state index in [-0.39, 0.29) is 18.6 Å². The molecule has 0 aliphatic heterocycles. The monoisotopic (exact) mass is 388 g/mol. The Hall–Kier alpha value is -3.47. The van der Waals surface area contributed by atoms with E-state index in [1.165, 1.54) is 11.6 Å². The summed E-state index contributed by atoms with van der Waals surface area (Å²) in [7, 11) is 0. The van der Waals surface area contributed by atoms with Gasteiger partial charge < -0.3 is 10.1 Å². The minimum atomic E-state index is -0.565. The predicted octanol–water partition coefficient (Wildman–Crippen LogP) is 3.93. The van der Waals surface area contributed by atoms with Crippen LogP contribution in [0.4, 0.5) is 0 Å². The maximum Gasteiger partial charge on any atom is 0.331 e. The first-order valence-electron chi connectivity index (χ1n) is 9.63. The molecule has 5 heteroatoms. The molecule has 1 N–H and O–H groups in total. The van der Waals surface area contributed by atoms with E-state index in [9.17, 15) is 9.59 Å². The molecule has 148 valence electrons. The smallest absolute Gasteiger partial charge is 0.331 e. The Morgan fingerprint density at radius 3 is 2.69 bits per heavy atom. The van der Waals surface area contributed by atoms with Crippen LogP contribution in [0, 0.1) is 0 Å². The number of fused-ring (bicyclic) bond motifs is 1. The molecular formula is C24H24N2O3. The number of ether oxygens (including phenoxy) is 1. The van der Waals surface area contributed by atoms with Crippen LogP contribution in [0.15, 0.2) is 72.9 Å². The van der Waals surface area contributed by atoms with E-state index in [1.807, 2.05) is 55.5 Å². The maximum atomic E-state index is 12.0. The SMILES string of the molecule is CC(CCc1ccccc1)NC(=O)COC(=O)/C=C/c1cccc2cccnc12. The first-order valence-corrected chi connectivity index (χ1v) is 9.63. The number of esters is 1. The number of rotatable bonds is 8. The zero-order valence-corrected chi connectivity index (χ0v) is 16.4. The highest BCUT2D eigenvalue weighted by Gasteiger charge is 2.09. The van der Waals surface area contributed by atoms with Crippen LogP contribution in [-0.4, -0.2) is 29.5 Å². The number of aryl methyl sites for hydroxylation is 1. The van der Waals surface area contributed by atoms with Crippen molar-refractivity contribution >= 4 is 28.9 Å². The molecule has 0 fully saturated rings. The number of carbonyl (C=O) groups is 2. The van der Waals surface area contributed by atoms with Crippen molar-refractivity contribution in [3.05, 3.63) is 84.1 Å². The third kappa shape index (κ3) is 6.28. The molecule has 5 nitrogen and oxygen atoms in total. The lowest BCUT2D eigenvalue weighted by Crippen LogP contribution is -2.36. The summed E-state index contributed by atoms with van der Waals surface area (Å²) in [6.45, 7) is 1.64. The first-order chi connectivity index (χ1) is 14.1. The normalized spacial score (nSPS) is 12.0. The van der Waals surface area contributed by atoms with E-state index in [1.54, 1.807) is 12.3 Å². The molecule has 1 amide bonds. The zero-order chi connectivity index (χ0) is 20.5. The summed E-state index contributed by atoms with van der Waals surface area (Å²) in [5, 5.41) is 3.85. The summed E-state index contributed by atoms with van der Waals surface area (Å²) >= 11 is 0. The highest BCUT2D eigenvalue weighted by molar-refractivity contribution is 5.93. The van der Waals surface area contributed by atoms with Gasteiger partial charge in [-0.1, -0.05) is 54.6 Å². The Labute approximate surface area is 170 Å². The summed E-state index contributed by atoms with van der Waals surface area (Å²) in [5.41, 5.74) is 2.86. The van der Waals surface area contributed by atoms with Crippen molar-refractivity contribution in [3.8, 4) is 0 Å². The molecule has 1 aromatic heterocycles. The van der Waals surface area contributed by atoms with Gasteiger partial charge in [0.15, 0.2) is 6.61 Å². The van der Waals surface area contributed by atoms with E-state index in [0.717, 1.165) is 29.3 Å². The van der Waals surface area contributed by atoms with Crippen molar-refractivity contribution in [2.24, 2.45) is 0 Å². The molecule has 0 aliphatic carbocycles. The van der Waals surface area contributed by atoms with Gasteiger partial charge in [0, 0.05) is 29.3 Å². The van der Waals surface area contributed by atoms with Gasteiger partial charge in [0.25, 0.3) is 5.91 Å². The van der Waals surface area contributed by atoms with Crippen molar-refractivity contribution in [2.45, 2.75) is 25.8 Å². The molecule has 0 aliphatic rings. The molecule has 1 atom stereocenters. The second kappa shape index (κ2) is 10.2. The minimum absolute atomic E-state index is 0.00120. The second-order valence-electron chi connectivity index (χ2n) is 6.86. The maximum absolute atomic E-state index is 12.0. The largest absolute Gasteiger partial charge is 0.452 e. The van der Waals surface area contributed by atoms with Gasteiger partial charge in [-0.05, 0) is 37.5 Å². The number of hydrogen-bond acceptors (Lipinski definition) is 4. The number of nitrogens with one attached hydrogen (secondary N) is 1. The molecule has 0 bridgehead atoms. The first kappa shape index (κ1) is 20.3. The molecule has 0 saturated carbocycles. The second-order valence-corrected chi connectivity index (χ2v) is 6.86. The van der Waals surface area contributed by atoms with Crippen molar-refractivity contribution in [3.63, 3.8) is 0 Å².